The van der Waals surface area contributed by atoms with E-state index in [0.717, 1.165) is 25.0 Å². The van der Waals surface area contributed by atoms with Crippen molar-refractivity contribution < 1.29 is 33.0 Å². The second-order valence-corrected chi connectivity index (χ2v) is 6.34. The number of rotatable bonds is 8. The van der Waals surface area contributed by atoms with E-state index in [4.69, 9.17) is 20.1 Å². The number of nitrogens with two attached hydrogens (primary N) is 1. The molecule has 2 aromatic heterocycles. The molecule has 0 saturated heterocycles. The molecule has 0 aliphatic rings. The number of hydrogen-bond acceptors (Lipinski definition) is 7. The Kier molecular flexibility index (Phi) is 9.04. The molecule has 0 radical (unpaired) electrons. The van der Waals surface area contributed by atoms with E-state index >= 15 is 0 Å². The van der Waals surface area contributed by atoms with Gasteiger partial charge in [-0.1, -0.05) is 18.5 Å². The number of aromatic nitrogens is 2. The normalized spacial score (nSPS) is 10.4. The molecule has 0 aliphatic carbocycles. The molecule has 0 spiro atoms. The summed E-state index contributed by atoms with van der Waals surface area (Å²) < 4.78 is 37.1. The summed E-state index contributed by atoms with van der Waals surface area (Å²) in [6, 6.07) is 6.16. The molecular weight excluding hydrogens is 412 g/mol. The minimum atomic E-state index is -1.04. The summed E-state index contributed by atoms with van der Waals surface area (Å²) in [7, 11) is 0. The Bertz CT molecular complexity index is 991. The van der Waals surface area contributed by atoms with Gasteiger partial charge in [0.1, 0.15) is 18.9 Å². The predicted molar refractivity (Wildman–Crippen MR) is 107 cm³/mol. The average Bonchev–Trinajstić information content (AvgIpc) is 3.18. The molecule has 0 fully saturated rings. The van der Waals surface area contributed by atoms with Gasteiger partial charge < -0.3 is 25.2 Å². The van der Waals surface area contributed by atoms with Crippen LogP contribution in [-0.4, -0.2) is 32.9 Å². The summed E-state index contributed by atoms with van der Waals surface area (Å²) in [4.78, 5) is 15.0. The second kappa shape index (κ2) is 11.7. The molecule has 8 nitrogen and oxygen atoms in total. The maximum atomic E-state index is 13.5. The monoisotopic (exact) mass is 435 g/mol. The van der Waals surface area contributed by atoms with Crippen molar-refractivity contribution in [3.63, 3.8) is 0 Å². The fraction of sp³-hybridized carbons (Fsp3) is 0.286. The lowest BCUT2D eigenvalue weighted by Gasteiger charge is -2.07. The molecule has 31 heavy (non-hydrogen) atoms. The minimum absolute atomic E-state index is 0.101. The van der Waals surface area contributed by atoms with Crippen LogP contribution >= 0.6 is 0 Å². The first kappa shape index (κ1) is 23.9. The van der Waals surface area contributed by atoms with Crippen LogP contribution in [-0.2, 0) is 13.2 Å². The Morgan fingerprint density at radius 3 is 2.48 bits per heavy atom. The van der Waals surface area contributed by atoms with E-state index in [1.165, 1.54) is 24.4 Å². The van der Waals surface area contributed by atoms with Crippen LogP contribution in [0, 0.1) is 11.6 Å². The third-order valence-electron chi connectivity index (χ3n) is 4.10. The highest BCUT2D eigenvalue weighted by Gasteiger charge is 2.19. The number of amides is 1. The number of halogens is 2. The van der Waals surface area contributed by atoms with Gasteiger partial charge in [0.05, 0.1) is 11.1 Å². The third-order valence-corrected chi connectivity index (χ3v) is 4.10. The van der Waals surface area contributed by atoms with Crippen LogP contribution in [0.25, 0.3) is 11.3 Å². The van der Waals surface area contributed by atoms with E-state index in [2.05, 4.69) is 17.1 Å². The van der Waals surface area contributed by atoms with Crippen molar-refractivity contribution in [3.05, 3.63) is 65.1 Å². The van der Waals surface area contributed by atoms with Gasteiger partial charge in [0.2, 0.25) is 11.8 Å². The van der Waals surface area contributed by atoms with Crippen molar-refractivity contribution in [2.45, 2.75) is 33.0 Å². The van der Waals surface area contributed by atoms with Crippen LogP contribution in [0.15, 0.2) is 41.1 Å². The molecule has 0 aliphatic heterocycles. The van der Waals surface area contributed by atoms with E-state index < -0.39 is 24.1 Å². The van der Waals surface area contributed by atoms with Gasteiger partial charge in [0.15, 0.2) is 17.4 Å². The number of carbonyl (C=O) groups excluding carboxylic acids is 1. The third kappa shape index (κ3) is 6.56. The number of nitrogens with zero attached hydrogens (tertiary/aromatic N) is 2. The number of benzene rings is 1. The molecule has 166 valence electrons. The SMILES string of the molecule is CCCCO.NC(=O)c1ccc(OCc2c(-c3ccc(F)c(F)c3)noc2CO)nc1. The number of aliphatic hydroxyl groups is 2. The van der Waals surface area contributed by atoms with Crippen LogP contribution in [0.3, 0.4) is 0 Å². The first-order valence-electron chi connectivity index (χ1n) is 9.44. The van der Waals surface area contributed by atoms with Crippen LogP contribution in [0.1, 0.15) is 41.4 Å². The van der Waals surface area contributed by atoms with Gasteiger partial charge in [0, 0.05) is 24.4 Å². The van der Waals surface area contributed by atoms with E-state index in [1.807, 2.05) is 0 Å². The standard InChI is InChI=1S/C17H13F2N3O4.C4H10O/c18-12-3-1-9(5-13(12)19)16-11(14(7-23)26-22-16)8-25-15-4-2-10(6-21-15)17(20)24;1-2-3-4-5/h1-6,23H,7-8H2,(H2,20,24);5H,2-4H2,1H3. The fourth-order valence-corrected chi connectivity index (χ4v) is 2.40. The smallest absolute Gasteiger partial charge is 0.250 e. The lowest BCUT2D eigenvalue weighted by Crippen LogP contribution is -2.11. The number of aliphatic hydroxyl groups excluding tert-OH is 2. The molecule has 1 aromatic carbocycles. The highest BCUT2D eigenvalue weighted by atomic mass is 19.2. The van der Waals surface area contributed by atoms with E-state index in [-0.39, 0.29) is 35.1 Å². The van der Waals surface area contributed by atoms with Gasteiger partial charge in [-0.15, -0.1) is 0 Å². The van der Waals surface area contributed by atoms with Crippen molar-refractivity contribution in [2.75, 3.05) is 6.61 Å². The summed E-state index contributed by atoms with van der Waals surface area (Å²) in [6.45, 7) is 1.84. The average molecular weight is 435 g/mol. The summed E-state index contributed by atoms with van der Waals surface area (Å²) in [5.41, 5.74) is 6.19. The van der Waals surface area contributed by atoms with Crippen molar-refractivity contribution in [1.29, 1.82) is 0 Å². The zero-order chi connectivity index (χ0) is 22.8. The maximum absolute atomic E-state index is 13.5. The zero-order valence-corrected chi connectivity index (χ0v) is 16.8. The van der Waals surface area contributed by atoms with Crippen molar-refractivity contribution in [2.24, 2.45) is 5.73 Å². The molecular formula is C21H23F2N3O5. The van der Waals surface area contributed by atoms with Gasteiger partial charge in [-0.3, -0.25) is 4.79 Å². The van der Waals surface area contributed by atoms with Crippen LogP contribution < -0.4 is 10.5 Å². The lowest BCUT2D eigenvalue weighted by molar-refractivity contribution is 0.1000. The highest BCUT2D eigenvalue weighted by molar-refractivity contribution is 5.92. The number of pyridine rings is 1. The van der Waals surface area contributed by atoms with Crippen LogP contribution in [0.2, 0.25) is 0 Å². The number of ether oxygens (including phenoxy) is 1. The summed E-state index contributed by atoms with van der Waals surface area (Å²) >= 11 is 0. The molecule has 10 heteroatoms. The molecule has 2 heterocycles. The fourth-order valence-electron chi connectivity index (χ4n) is 2.40. The Labute approximate surface area is 177 Å². The van der Waals surface area contributed by atoms with Gasteiger partial charge >= 0.3 is 0 Å². The Morgan fingerprint density at radius 2 is 1.97 bits per heavy atom. The van der Waals surface area contributed by atoms with Gasteiger partial charge in [-0.05, 0) is 30.7 Å². The minimum Gasteiger partial charge on any atom is -0.473 e. The van der Waals surface area contributed by atoms with E-state index in [9.17, 15) is 18.7 Å². The first-order chi connectivity index (χ1) is 14.9. The Morgan fingerprint density at radius 1 is 1.19 bits per heavy atom. The quantitative estimate of drug-likeness (QED) is 0.496. The Balaban J connectivity index is 0.000000614. The Hall–Kier alpha value is -3.37. The molecule has 0 saturated carbocycles. The molecule has 3 aromatic rings. The maximum Gasteiger partial charge on any atom is 0.250 e. The van der Waals surface area contributed by atoms with E-state index in [0.29, 0.717) is 12.2 Å². The molecule has 0 unspecified atom stereocenters. The van der Waals surface area contributed by atoms with Crippen molar-refractivity contribution in [3.8, 4) is 17.1 Å². The second-order valence-electron chi connectivity index (χ2n) is 6.34. The predicted octanol–water partition coefficient (Wildman–Crippen LogP) is 2.96. The van der Waals surface area contributed by atoms with Gasteiger partial charge in [0.25, 0.3) is 0 Å². The number of carbonyl (C=O) groups is 1. The summed E-state index contributed by atoms with van der Waals surface area (Å²) in [6.07, 6.45) is 3.30. The van der Waals surface area contributed by atoms with E-state index in [1.54, 1.807) is 0 Å². The molecule has 4 N–H and O–H groups in total. The zero-order valence-electron chi connectivity index (χ0n) is 16.8. The number of hydrogen-bond donors (Lipinski definition) is 3. The van der Waals surface area contributed by atoms with Gasteiger partial charge in [-0.25, -0.2) is 13.8 Å². The topological polar surface area (TPSA) is 132 Å². The molecule has 0 atom stereocenters. The number of unbranched alkanes of at least 4 members (excludes halogenated alkanes) is 1. The largest absolute Gasteiger partial charge is 0.473 e. The molecule has 3 rings (SSSR count). The lowest BCUT2D eigenvalue weighted by atomic mass is 10.1. The summed E-state index contributed by atoms with van der Waals surface area (Å²) in [5.74, 6) is -2.33. The van der Waals surface area contributed by atoms with Crippen LogP contribution in [0.5, 0.6) is 5.88 Å². The molecule has 1 amide bonds. The van der Waals surface area contributed by atoms with Crippen LogP contribution in [0.4, 0.5) is 8.78 Å². The number of primary amides is 1. The van der Waals surface area contributed by atoms with Crippen molar-refractivity contribution in [1.82, 2.24) is 10.1 Å². The summed E-state index contributed by atoms with van der Waals surface area (Å²) in [5, 5.41) is 21.2. The van der Waals surface area contributed by atoms with Gasteiger partial charge in [-0.2, -0.15) is 0 Å². The van der Waals surface area contributed by atoms with Crippen molar-refractivity contribution >= 4 is 5.91 Å². The highest BCUT2D eigenvalue weighted by Crippen LogP contribution is 2.28. The first-order valence-corrected chi connectivity index (χ1v) is 9.44. The molecule has 0 bridgehead atoms.